The number of halogens is 1. The number of anilines is 1. The second kappa shape index (κ2) is 7.36. The van der Waals surface area contributed by atoms with Gasteiger partial charge in [0.2, 0.25) is 5.91 Å². The van der Waals surface area contributed by atoms with Crippen LogP contribution in [-0.2, 0) is 17.9 Å². The quantitative estimate of drug-likeness (QED) is 0.899. The maximum absolute atomic E-state index is 12.3. The van der Waals surface area contributed by atoms with Crippen molar-refractivity contribution in [3.63, 3.8) is 0 Å². The molecule has 2 aromatic rings. The third-order valence-electron chi connectivity index (χ3n) is 3.70. The smallest absolute Gasteiger partial charge is 0.323 e. The van der Waals surface area contributed by atoms with Crippen molar-refractivity contribution in [3.8, 4) is 6.07 Å². The second-order valence-corrected chi connectivity index (χ2v) is 6.01. The molecule has 0 radical (unpaired) electrons. The van der Waals surface area contributed by atoms with E-state index in [9.17, 15) is 14.4 Å². The van der Waals surface area contributed by atoms with E-state index in [1.807, 2.05) is 13.0 Å². The van der Waals surface area contributed by atoms with Crippen molar-refractivity contribution in [3.05, 3.63) is 60.9 Å². The van der Waals surface area contributed by atoms with Crippen LogP contribution in [0.1, 0.15) is 23.6 Å². The van der Waals surface area contributed by atoms with Gasteiger partial charge in [0.1, 0.15) is 18.2 Å². The van der Waals surface area contributed by atoms with Crippen LogP contribution in [0, 0.1) is 25.2 Å². The predicted octanol–water partition coefficient (Wildman–Crippen LogP) is 1.81. The summed E-state index contributed by atoms with van der Waals surface area (Å²) < 4.78 is 1.95. The summed E-state index contributed by atoms with van der Waals surface area (Å²) in [5.74, 6) is -0.578. The van der Waals surface area contributed by atoms with Crippen LogP contribution in [-0.4, -0.2) is 15.0 Å². The van der Waals surface area contributed by atoms with Crippen molar-refractivity contribution in [1.29, 1.82) is 5.26 Å². The van der Waals surface area contributed by atoms with Crippen molar-refractivity contribution in [2.45, 2.75) is 33.9 Å². The molecule has 0 saturated carbocycles. The maximum Gasteiger partial charge on any atom is 0.331 e. The number of nitrogens with one attached hydrogen (secondary N) is 1. The maximum atomic E-state index is 12.3. The molecule has 1 aromatic heterocycles. The van der Waals surface area contributed by atoms with Gasteiger partial charge in [-0.2, -0.15) is 5.26 Å². The number of hydrogen-bond donors (Lipinski definition) is 1. The van der Waals surface area contributed by atoms with Crippen molar-refractivity contribution >= 4 is 23.2 Å². The summed E-state index contributed by atoms with van der Waals surface area (Å²) in [7, 11) is 0. The summed E-state index contributed by atoms with van der Waals surface area (Å²) in [4.78, 5) is 36.8. The van der Waals surface area contributed by atoms with Crippen LogP contribution in [0.5, 0.6) is 0 Å². The molecule has 0 saturated heterocycles. The zero-order chi connectivity index (χ0) is 18.7. The Kier molecular flexibility index (Phi) is 5.45. The number of hydrogen-bond acceptors (Lipinski definition) is 4. The van der Waals surface area contributed by atoms with Gasteiger partial charge in [0.05, 0.1) is 10.7 Å². The third-order valence-corrected chi connectivity index (χ3v) is 3.99. The minimum absolute atomic E-state index is 0.196. The molecule has 0 fully saturated rings. The highest BCUT2D eigenvalue weighted by Gasteiger charge is 2.15. The number of aromatic nitrogens is 2. The summed E-state index contributed by atoms with van der Waals surface area (Å²) in [6.45, 7) is 5.15. The number of rotatable bonds is 4. The minimum atomic E-state index is -0.793. The highest BCUT2D eigenvalue weighted by molar-refractivity contribution is 6.34. The summed E-state index contributed by atoms with van der Waals surface area (Å²) in [5.41, 5.74) is 0.510. The van der Waals surface area contributed by atoms with Gasteiger partial charge in [0.15, 0.2) is 0 Å². The summed E-state index contributed by atoms with van der Waals surface area (Å²) in [6, 6.07) is 5.30. The van der Waals surface area contributed by atoms with E-state index in [1.54, 1.807) is 26.0 Å². The summed E-state index contributed by atoms with van der Waals surface area (Å²) >= 11 is 6.15. The average molecular weight is 361 g/mol. The zero-order valence-corrected chi connectivity index (χ0v) is 14.8. The summed E-state index contributed by atoms with van der Waals surface area (Å²) in [5, 5.41) is 12.0. The molecule has 0 aliphatic carbocycles. The van der Waals surface area contributed by atoms with Gasteiger partial charge in [-0.15, -0.1) is 0 Å². The topological polar surface area (TPSA) is 96.9 Å². The van der Waals surface area contributed by atoms with Crippen molar-refractivity contribution in [2.75, 3.05) is 5.32 Å². The fraction of sp³-hybridized carbons (Fsp3) is 0.294. The molecular formula is C17H17ClN4O3. The molecule has 1 amide bonds. The van der Waals surface area contributed by atoms with Gasteiger partial charge in [-0.3, -0.25) is 14.2 Å². The van der Waals surface area contributed by atoms with Crippen molar-refractivity contribution in [2.24, 2.45) is 0 Å². The number of carbonyl (C=O) groups is 1. The van der Waals surface area contributed by atoms with Crippen LogP contribution in [0.3, 0.4) is 0 Å². The Balaban J connectivity index is 2.38. The van der Waals surface area contributed by atoms with E-state index in [0.717, 1.165) is 15.7 Å². The number of carbonyl (C=O) groups excluding carboxylic acids is 1. The van der Waals surface area contributed by atoms with E-state index < -0.39 is 23.7 Å². The Morgan fingerprint density at radius 2 is 2.00 bits per heavy atom. The number of aryl methyl sites for hydroxylation is 3. The standard InChI is InChI=1S/C17H17ClN4O3/c1-4-21-8-12(7-19)16(24)22(17(21)25)9-14(23)20-15-11(3)5-10(2)6-13(15)18/h5-6,8H,4,9H2,1-3H3,(H,20,23). The van der Waals surface area contributed by atoms with E-state index in [4.69, 9.17) is 16.9 Å². The molecule has 130 valence electrons. The van der Waals surface area contributed by atoms with Crippen LogP contribution in [0.2, 0.25) is 5.02 Å². The monoisotopic (exact) mass is 360 g/mol. The first-order valence-corrected chi connectivity index (χ1v) is 7.97. The largest absolute Gasteiger partial charge is 0.331 e. The van der Waals surface area contributed by atoms with E-state index in [2.05, 4.69) is 5.32 Å². The molecule has 25 heavy (non-hydrogen) atoms. The van der Waals surface area contributed by atoms with Gasteiger partial charge in [-0.1, -0.05) is 17.7 Å². The van der Waals surface area contributed by atoms with Gasteiger partial charge >= 0.3 is 5.69 Å². The van der Waals surface area contributed by atoms with Crippen molar-refractivity contribution in [1.82, 2.24) is 9.13 Å². The van der Waals surface area contributed by atoms with Gasteiger partial charge in [0, 0.05) is 12.7 Å². The Bertz CT molecular complexity index is 975. The lowest BCUT2D eigenvalue weighted by Gasteiger charge is -2.13. The first-order chi connectivity index (χ1) is 11.8. The molecule has 8 heteroatoms. The molecule has 1 N–H and O–H groups in total. The molecule has 2 rings (SSSR count). The van der Waals surface area contributed by atoms with Crippen molar-refractivity contribution < 1.29 is 4.79 Å². The highest BCUT2D eigenvalue weighted by atomic mass is 35.5. The van der Waals surface area contributed by atoms with E-state index in [0.29, 0.717) is 10.7 Å². The van der Waals surface area contributed by atoms with Crippen LogP contribution in [0.15, 0.2) is 27.9 Å². The lowest BCUT2D eigenvalue weighted by molar-refractivity contribution is -0.116. The molecule has 7 nitrogen and oxygen atoms in total. The second-order valence-electron chi connectivity index (χ2n) is 5.60. The number of nitrogens with zero attached hydrogens (tertiary/aromatic N) is 3. The van der Waals surface area contributed by atoms with Crippen LogP contribution < -0.4 is 16.6 Å². The fourth-order valence-electron chi connectivity index (χ4n) is 2.49. The summed E-state index contributed by atoms with van der Waals surface area (Å²) in [6.07, 6.45) is 1.19. The van der Waals surface area contributed by atoms with Gasteiger partial charge in [0.25, 0.3) is 5.56 Å². The number of nitriles is 1. The lowest BCUT2D eigenvalue weighted by atomic mass is 10.1. The molecule has 0 bridgehead atoms. The Labute approximate surface area is 149 Å². The van der Waals surface area contributed by atoms with E-state index >= 15 is 0 Å². The molecule has 0 spiro atoms. The first kappa shape index (κ1) is 18.5. The lowest BCUT2D eigenvalue weighted by Crippen LogP contribution is -2.43. The Morgan fingerprint density at radius 1 is 1.32 bits per heavy atom. The highest BCUT2D eigenvalue weighted by Crippen LogP contribution is 2.27. The molecule has 0 aliphatic heterocycles. The van der Waals surface area contributed by atoms with Crippen LogP contribution in [0.4, 0.5) is 5.69 Å². The third kappa shape index (κ3) is 3.80. The Morgan fingerprint density at radius 3 is 2.56 bits per heavy atom. The van der Waals surface area contributed by atoms with Gasteiger partial charge in [-0.25, -0.2) is 9.36 Å². The molecule has 0 unspecified atom stereocenters. The van der Waals surface area contributed by atoms with Gasteiger partial charge in [-0.05, 0) is 38.0 Å². The molecule has 0 atom stereocenters. The van der Waals surface area contributed by atoms with E-state index in [1.165, 1.54) is 10.8 Å². The van der Waals surface area contributed by atoms with E-state index in [-0.39, 0.29) is 12.1 Å². The molecule has 1 heterocycles. The van der Waals surface area contributed by atoms with Crippen LogP contribution in [0.25, 0.3) is 0 Å². The molecular weight excluding hydrogens is 344 g/mol. The van der Waals surface area contributed by atoms with Crippen LogP contribution >= 0.6 is 11.6 Å². The molecule has 0 aliphatic rings. The average Bonchev–Trinajstić information content (AvgIpc) is 2.55. The number of amides is 1. The fourth-order valence-corrected chi connectivity index (χ4v) is 2.86. The minimum Gasteiger partial charge on any atom is -0.323 e. The Hall–Kier alpha value is -2.85. The van der Waals surface area contributed by atoms with Gasteiger partial charge < -0.3 is 5.32 Å². The first-order valence-electron chi connectivity index (χ1n) is 7.59. The SMILES string of the molecule is CCn1cc(C#N)c(=O)n(CC(=O)Nc2c(C)cc(C)cc2Cl)c1=O. The normalized spacial score (nSPS) is 10.4. The number of benzene rings is 1. The predicted molar refractivity (Wildman–Crippen MR) is 94.9 cm³/mol. The molecule has 1 aromatic carbocycles. The zero-order valence-electron chi connectivity index (χ0n) is 14.1.